The molecule has 1 amide bonds. The summed E-state index contributed by atoms with van der Waals surface area (Å²) in [7, 11) is 4.68. The van der Waals surface area contributed by atoms with Crippen LogP contribution in [0, 0.1) is 0 Å². The highest BCUT2D eigenvalue weighted by atomic mass is 16.5. The van der Waals surface area contributed by atoms with E-state index < -0.39 is 6.04 Å². The minimum atomic E-state index is -0.492. The second-order valence-corrected chi connectivity index (χ2v) is 9.45. The molecule has 2 atom stereocenters. The first-order chi connectivity index (χ1) is 18.9. The Balaban J connectivity index is 1.51. The minimum absolute atomic E-state index is 0.184. The average Bonchev–Trinajstić information content (AvgIpc) is 3.37. The predicted octanol–water partition coefficient (Wildman–Crippen LogP) is 4.99. The van der Waals surface area contributed by atoms with Gasteiger partial charge in [-0.15, -0.1) is 0 Å². The number of aliphatic hydroxyl groups is 1. The molecule has 8 heteroatoms. The number of para-hydroxylation sites is 1. The van der Waals surface area contributed by atoms with E-state index >= 15 is 0 Å². The number of H-pyrrole nitrogens is 1. The van der Waals surface area contributed by atoms with Gasteiger partial charge >= 0.3 is 0 Å². The van der Waals surface area contributed by atoms with Gasteiger partial charge in [-0.05, 0) is 66.4 Å². The molecule has 5 rings (SSSR count). The van der Waals surface area contributed by atoms with Crippen LogP contribution in [0.2, 0.25) is 0 Å². The number of methoxy groups -OCH3 is 3. The first-order valence-electron chi connectivity index (χ1n) is 12.8. The summed E-state index contributed by atoms with van der Waals surface area (Å²) in [6.45, 7) is 1.71. The van der Waals surface area contributed by atoms with Crippen molar-refractivity contribution in [1.82, 2.24) is 10.3 Å². The van der Waals surface area contributed by atoms with Crippen LogP contribution in [0.15, 0.2) is 60.8 Å². The third-order valence-corrected chi connectivity index (χ3v) is 6.91. The number of nitrogens with one attached hydrogen (secondary N) is 2. The fourth-order valence-corrected chi connectivity index (χ4v) is 4.94. The molecule has 4 aromatic rings. The molecule has 0 bridgehead atoms. The molecule has 0 spiro atoms. The van der Waals surface area contributed by atoms with Crippen molar-refractivity contribution < 1.29 is 28.8 Å². The monoisotopic (exact) mass is 528 g/mol. The molecule has 3 N–H and O–H groups in total. The van der Waals surface area contributed by atoms with Crippen LogP contribution in [-0.4, -0.2) is 56.1 Å². The zero-order valence-corrected chi connectivity index (χ0v) is 22.4. The van der Waals surface area contributed by atoms with Gasteiger partial charge in [-0.3, -0.25) is 4.79 Å². The Labute approximate surface area is 227 Å². The van der Waals surface area contributed by atoms with Crippen molar-refractivity contribution in [2.24, 2.45) is 0 Å². The van der Waals surface area contributed by atoms with Crippen LogP contribution in [0.25, 0.3) is 28.1 Å². The maximum Gasteiger partial charge on any atom is 0.255 e. The number of hydrogen-bond acceptors (Lipinski definition) is 6. The van der Waals surface area contributed by atoms with E-state index in [1.807, 2.05) is 67.7 Å². The van der Waals surface area contributed by atoms with Crippen LogP contribution in [0.3, 0.4) is 0 Å². The molecular formula is C31H32N2O6. The molecule has 39 heavy (non-hydrogen) atoms. The van der Waals surface area contributed by atoms with Crippen LogP contribution in [-0.2, 0) is 6.42 Å². The molecule has 0 saturated heterocycles. The molecule has 1 aromatic heterocycles. The fourth-order valence-electron chi connectivity index (χ4n) is 4.94. The number of carbonyl (C=O) groups excluding carboxylic acids is 1. The lowest BCUT2D eigenvalue weighted by atomic mass is 9.95. The fraction of sp³-hybridized carbons (Fsp3) is 0.258. The summed E-state index contributed by atoms with van der Waals surface area (Å²) >= 11 is 0. The normalized spacial score (nSPS) is 14.8. The molecule has 0 radical (unpaired) electrons. The maximum atomic E-state index is 13.7. The number of carbonyl (C=O) groups is 1. The highest BCUT2D eigenvalue weighted by Crippen LogP contribution is 2.43. The van der Waals surface area contributed by atoms with Gasteiger partial charge in [-0.25, -0.2) is 0 Å². The number of aliphatic hydroxyl groups excluding tert-OH is 1. The quantitative estimate of drug-likeness (QED) is 0.283. The number of ether oxygens (including phenoxy) is 4. The first-order valence-corrected chi connectivity index (χ1v) is 12.8. The Bertz CT molecular complexity index is 1510. The number of aromatic amines is 1. The van der Waals surface area contributed by atoms with Crippen LogP contribution in [0.1, 0.15) is 28.4 Å². The van der Waals surface area contributed by atoms with E-state index in [2.05, 4.69) is 10.3 Å². The molecule has 1 unspecified atom stereocenters. The van der Waals surface area contributed by atoms with Crippen LogP contribution >= 0.6 is 0 Å². The van der Waals surface area contributed by atoms with Crippen LogP contribution in [0.5, 0.6) is 23.0 Å². The van der Waals surface area contributed by atoms with Gasteiger partial charge in [0.2, 0.25) is 5.75 Å². The molecular weight excluding hydrogens is 496 g/mol. The summed E-state index contributed by atoms with van der Waals surface area (Å²) in [6, 6.07) is 14.9. The lowest BCUT2D eigenvalue weighted by molar-refractivity contribution is 0.0911. The van der Waals surface area contributed by atoms with Gasteiger partial charge in [-0.1, -0.05) is 24.3 Å². The standard InChI is InChI=1S/C31H32N2O6/c1-18-9-10-19-11-20(21-14-27(36-2)30(38-4)28(15-21)37-3)13-25(29(19)39-18)31(35)33-23(17-34)12-22-16-32-26-8-6-5-7-24(22)26/h5-11,13-16,18,23,32,34H,12,17H2,1-4H3,(H,33,35)/t18-,23?/m1/s1. The predicted molar refractivity (Wildman–Crippen MR) is 151 cm³/mol. The second-order valence-electron chi connectivity index (χ2n) is 9.45. The maximum absolute atomic E-state index is 13.7. The third-order valence-electron chi connectivity index (χ3n) is 6.91. The number of hydrogen-bond donors (Lipinski definition) is 3. The van der Waals surface area contributed by atoms with Crippen molar-refractivity contribution >= 4 is 22.9 Å². The molecule has 3 aromatic carbocycles. The lowest BCUT2D eigenvalue weighted by Crippen LogP contribution is -2.39. The summed E-state index contributed by atoms with van der Waals surface area (Å²) in [5.41, 5.74) is 4.75. The van der Waals surface area contributed by atoms with Crippen LogP contribution < -0.4 is 24.3 Å². The molecule has 2 heterocycles. The van der Waals surface area contributed by atoms with Gasteiger partial charge in [0.25, 0.3) is 5.91 Å². The van der Waals surface area contributed by atoms with Crippen molar-refractivity contribution in [2.75, 3.05) is 27.9 Å². The topological polar surface area (TPSA) is 102 Å². The van der Waals surface area contributed by atoms with Crippen molar-refractivity contribution in [3.05, 3.63) is 77.5 Å². The van der Waals surface area contributed by atoms with Crippen LogP contribution in [0.4, 0.5) is 0 Å². The van der Waals surface area contributed by atoms with Gasteiger partial charge in [-0.2, -0.15) is 0 Å². The van der Waals surface area contributed by atoms with E-state index in [-0.39, 0.29) is 18.6 Å². The molecule has 0 saturated carbocycles. The smallest absolute Gasteiger partial charge is 0.255 e. The summed E-state index contributed by atoms with van der Waals surface area (Å²) in [5.74, 6) is 1.68. The Morgan fingerprint density at radius 3 is 2.46 bits per heavy atom. The first kappa shape index (κ1) is 26.2. The van der Waals surface area contributed by atoms with Gasteiger partial charge in [0.15, 0.2) is 11.5 Å². The Morgan fingerprint density at radius 2 is 1.77 bits per heavy atom. The van der Waals surface area contributed by atoms with E-state index in [9.17, 15) is 9.90 Å². The highest BCUT2D eigenvalue weighted by molar-refractivity contribution is 6.00. The number of fused-ring (bicyclic) bond motifs is 2. The molecule has 0 fully saturated rings. The Hall–Kier alpha value is -4.43. The lowest BCUT2D eigenvalue weighted by Gasteiger charge is -2.24. The van der Waals surface area contributed by atoms with Crippen molar-refractivity contribution in [2.45, 2.75) is 25.5 Å². The second kappa shape index (κ2) is 11.1. The van der Waals surface area contributed by atoms with E-state index in [0.29, 0.717) is 35.0 Å². The number of amides is 1. The van der Waals surface area contributed by atoms with Gasteiger partial charge in [0, 0.05) is 22.7 Å². The SMILES string of the molecule is COc1cc(-c2cc3c(c(C(=O)NC(CO)Cc4c[nH]c5ccccc45)c2)O[C@H](C)C=C3)cc(OC)c1OC. The Kier molecular flexibility index (Phi) is 7.47. The summed E-state index contributed by atoms with van der Waals surface area (Å²) in [5, 5.41) is 14.2. The zero-order valence-electron chi connectivity index (χ0n) is 22.4. The number of aromatic nitrogens is 1. The largest absolute Gasteiger partial charge is 0.493 e. The minimum Gasteiger partial charge on any atom is -0.493 e. The average molecular weight is 529 g/mol. The molecule has 1 aliphatic rings. The van der Waals surface area contributed by atoms with E-state index in [4.69, 9.17) is 18.9 Å². The molecule has 0 aliphatic carbocycles. The molecule has 8 nitrogen and oxygen atoms in total. The molecule has 1 aliphatic heterocycles. The van der Waals surface area contributed by atoms with Crippen molar-refractivity contribution in [3.8, 4) is 34.1 Å². The van der Waals surface area contributed by atoms with E-state index in [1.165, 1.54) is 0 Å². The zero-order chi connectivity index (χ0) is 27.5. The summed E-state index contributed by atoms with van der Waals surface area (Å²) < 4.78 is 22.6. The number of rotatable bonds is 9. The Morgan fingerprint density at radius 1 is 1.05 bits per heavy atom. The highest BCUT2D eigenvalue weighted by Gasteiger charge is 2.25. The van der Waals surface area contributed by atoms with Crippen molar-refractivity contribution in [1.29, 1.82) is 0 Å². The third kappa shape index (κ3) is 5.15. The van der Waals surface area contributed by atoms with Gasteiger partial charge in [0.05, 0.1) is 39.5 Å². The molecule has 202 valence electrons. The number of benzene rings is 3. The summed E-state index contributed by atoms with van der Waals surface area (Å²) in [4.78, 5) is 17.0. The van der Waals surface area contributed by atoms with E-state index in [1.54, 1.807) is 27.4 Å². The van der Waals surface area contributed by atoms with E-state index in [0.717, 1.165) is 33.2 Å². The van der Waals surface area contributed by atoms with Gasteiger partial charge < -0.3 is 34.4 Å². The van der Waals surface area contributed by atoms with Crippen molar-refractivity contribution in [3.63, 3.8) is 0 Å². The summed E-state index contributed by atoms with van der Waals surface area (Å²) in [6.07, 6.45) is 6.10. The van der Waals surface area contributed by atoms with Gasteiger partial charge in [0.1, 0.15) is 11.9 Å².